The lowest BCUT2D eigenvalue weighted by Crippen LogP contribution is -2.46. The summed E-state index contributed by atoms with van der Waals surface area (Å²) >= 11 is 0. The monoisotopic (exact) mass is 389 g/mol. The fourth-order valence-electron chi connectivity index (χ4n) is 3.82. The first kappa shape index (κ1) is 19.8. The maximum absolute atomic E-state index is 4.92. The van der Waals surface area contributed by atoms with Gasteiger partial charge in [-0.3, -0.25) is 0 Å². The zero-order valence-electron chi connectivity index (χ0n) is 17.7. The van der Waals surface area contributed by atoms with E-state index in [-0.39, 0.29) is 5.54 Å². The molecule has 0 atom stereocenters. The lowest BCUT2D eigenvalue weighted by atomic mass is 10.00. The molecule has 1 aliphatic rings. The van der Waals surface area contributed by atoms with Crippen molar-refractivity contribution in [2.45, 2.75) is 25.8 Å². The van der Waals surface area contributed by atoms with Crippen LogP contribution in [0.1, 0.15) is 20.3 Å². The number of piperazine rings is 1. The van der Waals surface area contributed by atoms with Gasteiger partial charge in [0.25, 0.3) is 0 Å². The van der Waals surface area contributed by atoms with Gasteiger partial charge in [0.15, 0.2) is 0 Å². The molecule has 3 aromatic rings. The first-order chi connectivity index (χ1) is 14.0. The lowest BCUT2D eigenvalue weighted by molar-refractivity contribution is 0.147. The van der Waals surface area contributed by atoms with Crippen LogP contribution in [0.15, 0.2) is 54.6 Å². The Kier molecular flexibility index (Phi) is 5.79. The second-order valence-electron chi connectivity index (χ2n) is 8.68. The van der Waals surface area contributed by atoms with Crippen LogP contribution in [0.4, 0.5) is 5.95 Å². The Hall–Kier alpha value is -2.50. The molecule has 0 saturated carbocycles. The number of aromatic nitrogens is 2. The SMILES string of the molecule is CN1CCN(CCC(C)(C)Nc2nc(-c3ccccc3)c3ccccc3n2)CC1. The molecule has 5 heteroatoms. The van der Waals surface area contributed by atoms with Crippen LogP contribution in [0, 0.1) is 0 Å². The first-order valence-corrected chi connectivity index (χ1v) is 10.5. The van der Waals surface area contributed by atoms with Crippen LogP contribution >= 0.6 is 0 Å². The van der Waals surface area contributed by atoms with Crippen molar-refractivity contribution in [2.24, 2.45) is 0 Å². The van der Waals surface area contributed by atoms with Gasteiger partial charge in [-0.25, -0.2) is 9.97 Å². The number of hydrogen-bond donors (Lipinski definition) is 1. The average Bonchev–Trinajstić information content (AvgIpc) is 2.73. The number of benzene rings is 2. The molecule has 0 unspecified atom stereocenters. The number of nitrogens with one attached hydrogen (secondary N) is 1. The van der Waals surface area contributed by atoms with Crippen LogP contribution in [0.2, 0.25) is 0 Å². The number of likely N-dealkylation sites (N-methyl/N-ethyl adjacent to an activating group) is 1. The predicted molar refractivity (Wildman–Crippen MR) is 121 cm³/mol. The van der Waals surface area contributed by atoms with E-state index in [9.17, 15) is 0 Å². The normalized spacial score (nSPS) is 16.2. The second-order valence-corrected chi connectivity index (χ2v) is 8.68. The number of nitrogens with zero attached hydrogens (tertiary/aromatic N) is 4. The molecule has 1 fully saturated rings. The Morgan fingerprint density at radius 1 is 0.897 bits per heavy atom. The minimum atomic E-state index is -0.0836. The summed E-state index contributed by atoms with van der Waals surface area (Å²) in [4.78, 5) is 14.7. The minimum absolute atomic E-state index is 0.0836. The Balaban J connectivity index is 1.54. The van der Waals surface area contributed by atoms with Gasteiger partial charge >= 0.3 is 0 Å². The van der Waals surface area contributed by atoms with Crippen molar-refractivity contribution in [3.63, 3.8) is 0 Å². The molecule has 2 heterocycles. The first-order valence-electron chi connectivity index (χ1n) is 10.5. The van der Waals surface area contributed by atoms with E-state index in [1.165, 1.54) is 0 Å². The standard InChI is InChI=1S/C24H31N5/c1-24(2,13-14-29-17-15-28(3)16-18-29)27-23-25-21-12-8-7-11-20(21)22(26-23)19-9-5-4-6-10-19/h4-12H,13-18H2,1-3H3,(H,25,26,27). The molecule has 5 nitrogen and oxygen atoms in total. The summed E-state index contributed by atoms with van der Waals surface area (Å²) < 4.78 is 0. The van der Waals surface area contributed by atoms with E-state index in [0.29, 0.717) is 5.95 Å². The molecule has 4 rings (SSSR count). The summed E-state index contributed by atoms with van der Waals surface area (Å²) in [6, 6.07) is 18.6. The molecule has 0 bridgehead atoms. The highest BCUT2D eigenvalue weighted by atomic mass is 15.2. The number of rotatable bonds is 6. The molecule has 0 spiro atoms. The van der Waals surface area contributed by atoms with Crippen molar-refractivity contribution >= 4 is 16.9 Å². The Morgan fingerprint density at radius 3 is 2.34 bits per heavy atom. The minimum Gasteiger partial charge on any atom is -0.349 e. The molecule has 0 aliphatic carbocycles. The summed E-state index contributed by atoms with van der Waals surface area (Å²) in [5, 5.41) is 4.69. The third-order valence-corrected chi connectivity index (χ3v) is 5.75. The smallest absolute Gasteiger partial charge is 0.224 e. The van der Waals surface area contributed by atoms with Gasteiger partial charge in [-0.2, -0.15) is 0 Å². The van der Waals surface area contributed by atoms with Gasteiger partial charge in [0.1, 0.15) is 0 Å². The van der Waals surface area contributed by atoms with Gasteiger partial charge in [0.2, 0.25) is 5.95 Å². The summed E-state index contributed by atoms with van der Waals surface area (Å²) in [6.07, 6.45) is 1.05. The quantitative estimate of drug-likeness (QED) is 0.687. The zero-order valence-corrected chi connectivity index (χ0v) is 17.7. The van der Waals surface area contributed by atoms with Gasteiger partial charge in [0.05, 0.1) is 11.2 Å². The molecule has 1 aliphatic heterocycles. The van der Waals surface area contributed by atoms with Crippen LogP contribution in [-0.2, 0) is 0 Å². The highest BCUT2D eigenvalue weighted by Gasteiger charge is 2.22. The highest BCUT2D eigenvalue weighted by Crippen LogP contribution is 2.28. The molecule has 2 aromatic carbocycles. The Morgan fingerprint density at radius 2 is 1.59 bits per heavy atom. The lowest BCUT2D eigenvalue weighted by Gasteiger charge is -2.35. The van der Waals surface area contributed by atoms with Gasteiger partial charge in [0, 0.05) is 49.2 Å². The fraction of sp³-hybridized carbons (Fsp3) is 0.417. The van der Waals surface area contributed by atoms with Crippen LogP contribution in [0.5, 0.6) is 0 Å². The van der Waals surface area contributed by atoms with Crippen molar-refractivity contribution in [2.75, 3.05) is 45.1 Å². The molecule has 152 valence electrons. The molecule has 0 radical (unpaired) electrons. The molecule has 1 aromatic heterocycles. The highest BCUT2D eigenvalue weighted by molar-refractivity contribution is 5.93. The molecule has 1 N–H and O–H groups in total. The Labute approximate surface area is 173 Å². The molecule has 1 saturated heterocycles. The van der Waals surface area contributed by atoms with E-state index in [1.807, 2.05) is 18.2 Å². The molecular formula is C24H31N5. The third-order valence-electron chi connectivity index (χ3n) is 5.75. The third kappa shape index (κ3) is 4.92. The number of para-hydroxylation sites is 1. The number of anilines is 1. The summed E-state index contributed by atoms with van der Waals surface area (Å²) in [5.41, 5.74) is 2.98. The summed E-state index contributed by atoms with van der Waals surface area (Å²) in [6.45, 7) is 10.2. The van der Waals surface area contributed by atoms with Crippen LogP contribution in [0.3, 0.4) is 0 Å². The summed E-state index contributed by atoms with van der Waals surface area (Å²) in [5.74, 6) is 0.700. The average molecular weight is 390 g/mol. The van der Waals surface area contributed by atoms with Crippen molar-refractivity contribution in [1.82, 2.24) is 19.8 Å². The van der Waals surface area contributed by atoms with E-state index < -0.39 is 0 Å². The van der Waals surface area contributed by atoms with Gasteiger partial charge in [-0.15, -0.1) is 0 Å². The maximum atomic E-state index is 4.92. The Bertz CT molecular complexity index is 946. The van der Waals surface area contributed by atoms with Crippen molar-refractivity contribution in [1.29, 1.82) is 0 Å². The van der Waals surface area contributed by atoms with Crippen molar-refractivity contribution in [3.05, 3.63) is 54.6 Å². The number of fused-ring (bicyclic) bond motifs is 1. The molecular weight excluding hydrogens is 358 g/mol. The largest absolute Gasteiger partial charge is 0.349 e. The van der Waals surface area contributed by atoms with E-state index in [2.05, 4.69) is 72.4 Å². The van der Waals surface area contributed by atoms with Crippen molar-refractivity contribution < 1.29 is 0 Å². The van der Waals surface area contributed by atoms with Crippen LogP contribution in [-0.4, -0.2) is 65.1 Å². The van der Waals surface area contributed by atoms with E-state index in [0.717, 1.165) is 61.3 Å². The maximum Gasteiger partial charge on any atom is 0.224 e. The molecule has 29 heavy (non-hydrogen) atoms. The van der Waals surface area contributed by atoms with Crippen molar-refractivity contribution in [3.8, 4) is 11.3 Å². The zero-order chi connectivity index (χ0) is 20.3. The predicted octanol–water partition coefficient (Wildman–Crippen LogP) is 4.12. The number of hydrogen-bond acceptors (Lipinski definition) is 5. The summed E-state index contributed by atoms with van der Waals surface area (Å²) in [7, 11) is 2.20. The van der Waals surface area contributed by atoms with E-state index in [1.54, 1.807) is 0 Å². The van der Waals surface area contributed by atoms with Crippen LogP contribution < -0.4 is 5.32 Å². The second kappa shape index (κ2) is 8.47. The van der Waals surface area contributed by atoms with E-state index in [4.69, 9.17) is 9.97 Å². The topological polar surface area (TPSA) is 44.3 Å². The molecule has 0 amide bonds. The van der Waals surface area contributed by atoms with Gasteiger partial charge in [-0.1, -0.05) is 48.5 Å². The van der Waals surface area contributed by atoms with Gasteiger partial charge < -0.3 is 15.1 Å². The fourth-order valence-corrected chi connectivity index (χ4v) is 3.82. The van der Waals surface area contributed by atoms with Gasteiger partial charge in [-0.05, 0) is 33.4 Å². The van der Waals surface area contributed by atoms with Crippen LogP contribution in [0.25, 0.3) is 22.2 Å². The van der Waals surface area contributed by atoms with E-state index >= 15 is 0 Å².